The van der Waals surface area contributed by atoms with Gasteiger partial charge in [-0.15, -0.1) is 0 Å². The van der Waals surface area contributed by atoms with Crippen molar-refractivity contribution < 1.29 is 9.18 Å². The third-order valence-electron chi connectivity index (χ3n) is 4.99. The van der Waals surface area contributed by atoms with E-state index in [1.54, 1.807) is 36.5 Å². The summed E-state index contributed by atoms with van der Waals surface area (Å²) in [5, 5.41) is 3.57. The summed E-state index contributed by atoms with van der Waals surface area (Å²) in [6.07, 6.45) is 1.60. The maximum Gasteiger partial charge on any atom is 0.265 e. The van der Waals surface area contributed by atoms with Crippen LogP contribution >= 0.6 is 0 Å². The van der Waals surface area contributed by atoms with E-state index in [4.69, 9.17) is 0 Å². The molecule has 5 nitrogen and oxygen atoms in total. The molecule has 0 saturated carbocycles. The molecule has 0 aliphatic rings. The zero-order valence-corrected chi connectivity index (χ0v) is 16.4. The van der Waals surface area contributed by atoms with Gasteiger partial charge in [0.15, 0.2) is 0 Å². The van der Waals surface area contributed by atoms with E-state index in [9.17, 15) is 14.0 Å². The van der Waals surface area contributed by atoms with Gasteiger partial charge in [-0.25, -0.2) is 9.37 Å². The van der Waals surface area contributed by atoms with E-state index in [0.717, 1.165) is 11.1 Å². The lowest BCUT2D eigenvalue weighted by Crippen LogP contribution is -2.35. The molecule has 1 atom stereocenters. The third-order valence-corrected chi connectivity index (χ3v) is 4.99. The zero-order valence-electron chi connectivity index (χ0n) is 16.4. The van der Waals surface area contributed by atoms with Gasteiger partial charge in [-0.2, -0.15) is 0 Å². The fourth-order valence-electron chi connectivity index (χ4n) is 3.39. The van der Waals surface area contributed by atoms with Crippen molar-refractivity contribution in [1.29, 1.82) is 0 Å². The average Bonchev–Trinajstić information content (AvgIpc) is 2.77. The first-order chi connectivity index (χ1) is 14.5. The van der Waals surface area contributed by atoms with Crippen LogP contribution in [0.2, 0.25) is 0 Å². The number of pyridine rings is 2. The molecule has 150 valence electrons. The number of fused-ring (bicyclic) bond motifs is 1. The van der Waals surface area contributed by atoms with Gasteiger partial charge in [-0.1, -0.05) is 42.5 Å². The van der Waals surface area contributed by atoms with E-state index >= 15 is 0 Å². The van der Waals surface area contributed by atoms with Crippen LogP contribution in [0.4, 0.5) is 4.39 Å². The molecule has 0 bridgehead atoms. The summed E-state index contributed by atoms with van der Waals surface area (Å²) in [4.78, 5) is 30.5. The first-order valence-electron chi connectivity index (χ1n) is 9.62. The highest BCUT2D eigenvalue weighted by atomic mass is 19.1. The summed E-state index contributed by atoms with van der Waals surface area (Å²) in [6.45, 7) is 2.05. The van der Waals surface area contributed by atoms with E-state index in [2.05, 4.69) is 10.3 Å². The lowest BCUT2D eigenvalue weighted by molar-refractivity contribution is 0.0938. The number of nitrogens with zero attached hydrogens (tertiary/aromatic N) is 2. The minimum Gasteiger partial charge on any atom is -0.345 e. The molecule has 4 rings (SSSR count). The summed E-state index contributed by atoms with van der Waals surface area (Å²) in [6, 6.07) is 20.3. The summed E-state index contributed by atoms with van der Waals surface area (Å²) < 4.78 is 14.7. The lowest BCUT2D eigenvalue weighted by Gasteiger charge is -2.16. The van der Waals surface area contributed by atoms with Gasteiger partial charge in [0.1, 0.15) is 17.0 Å². The smallest absolute Gasteiger partial charge is 0.265 e. The van der Waals surface area contributed by atoms with Crippen LogP contribution < -0.4 is 10.9 Å². The van der Waals surface area contributed by atoms with Gasteiger partial charge in [0.25, 0.3) is 11.5 Å². The van der Waals surface area contributed by atoms with Crippen molar-refractivity contribution in [3.63, 3.8) is 0 Å². The van der Waals surface area contributed by atoms with Gasteiger partial charge < -0.3 is 5.32 Å². The second-order valence-corrected chi connectivity index (χ2v) is 7.10. The van der Waals surface area contributed by atoms with E-state index < -0.39 is 11.5 Å². The number of hydrogen-bond donors (Lipinski definition) is 1. The van der Waals surface area contributed by atoms with Crippen LogP contribution in [0.15, 0.2) is 83.8 Å². The summed E-state index contributed by atoms with van der Waals surface area (Å²) in [7, 11) is 0. The highest BCUT2D eigenvalue weighted by Crippen LogP contribution is 2.15. The standard InChI is InChI=1S/C24H20FN3O2/c1-16(18-6-3-2-4-7-18)27-23(29)21-14-19-8-5-13-26-22(19)28(24(21)30)15-17-9-11-20(25)12-10-17/h2-14,16H,15H2,1H3,(H,27,29)/t16-/m1/s1. The Hall–Kier alpha value is -3.80. The summed E-state index contributed by atoms with van der Waals surface area (Å²) in [5.74, 6) is -0.799. The Kier molecular flexibility index (Phi) is 5.39. The van der Waals surface area contributed by atoms with Crippen molar-refractivity contribution in [2.75, 3.05) is 0 Å². The molecule has 2 aromatic heterocycles. The fourth-order valence-corrected chi connectivity index (χ4v) is 3.39. The van der Waals surface area contributed by atoms with Crippen LogP contribution in [0, 0.1) is 5.82 Å². The first-order valence-corrected chi connectivity index (χ1v) is 9.62. The molecule has 0 radical (unpaired) electrons. The van der Waals surface area contributed by atoms with Crippen LogP contribution in [0.1, 0.15) is 34.5 Å². The molecular weight excluding hydrogens is 381 g/mol. The average molecular weight is 401 g/mol. The Labute approximate surface area is 172 Å². The third kappa shape index (κ3) is 3.98. The second-order valence-electron chi connectivity index (χ2n) is 7.10. The van der Waals surface area contributed by atoms with Crippen LogP contribution in [0.25, 0.3) is 11.0 Å². The normalized spacial score (nSPS) is 11.9. The molecule has 0 aliphatic heterocycles. The Morgan fingerprint density at radius 2 is 1.80 bits per heavy atom. The van der Waals surface area contributed by atoms with Gasteiger partial charge in [0.2, 0.25) is 0 Å². The SMILES string of the molecule is C[C@@H](NC(=O)c1cc2cccnc2n(Cc2ccc(F)cc2)c1=O)c1ccccc1. The molecule has 30 heavy (non-hydrogen) atoms. The second kappa shape index (κ2) is 8.29. The molecule has 0 aliphatic carbocycles. The van der Waals surface area contributed by atoms with Gasteiger partial charge in [0.05, 0.1) is 12.6 Å². The van der Waals surface area contributed by atoms with Crippen molar-refractivity contribution in [3.8, 4) is 0 Å². The molecule has 6 heteroatoms. The zero-order chi connectivity index (χ0) is 21.1. The molecule has 0 saturated heterocycles. The van der Waals surface area contributed by atoms with E-state index in [1.165, 1.54) is 16.7 Å². The lowest BCUT2D eigenvalue weighted by atomic mass is 10.1. The van der Waals surface area contributed by atoms with Crippen LogP contribution in [-0.2, 0) is 6.54 Å². The minimum atomic E-state index is -0.449. The molecule has 1 amide bonds. The quantitative estimate of drug-likeness (QED) is 0.548. The monoisotopic (exact) mass is 401 g/mol. The molecular formula is C24H20FN3O2. The Morgan fingerprint density at radius 1 is 1.07 bits per heavy atom. The number of rotatable bonds is 5. The number of nitrogens with one attached hydrogen (secondary N) is 1. The molecule has 4 aromatic rings. The Morgan fingerprint density at radius 3 is 2.53 bits per heavy atom. The van der Waals surface area contributed by atoms with Crippen LogP contribution in [-0.4, -0.2) is 15.5 Å². The number of aromatic nitrogens is 2. The largest absolute Gasteiger partial charge is 0.345 e. The van der Waals surface area contributed by atoms with Gasteiger partial charge in [-0.05, 0) is 48.4 Å². The highest BCUT2D eigenvalue weighted by molar-refractivity contribution is 5.97. The maximum absolute atomic E-state index is 13.3. The molecule has 2 heterocycles. The Bertz CT molecular complexity index is 1250. The van der Waals surface area contributed by atoms with Crippen LogP contribution in [0.5, 0.6) is 0 Å². The van der Waals surface area contributed by atoms with E-state index in [-0.39, 0.29) is 24.0 Å². The van der Waals surface area contributed by atoms with Gasteiger partial charge in [0, 0.05) is 11.6 Å². The number of amides is 1. The molecule has 0 fully saturated rings. The fraction of sp³-hybridized carbons (Fsp3) is 0.125. The topological polar surface area (TPSA) is 64.0 Å². The van der Waals surface area contributed by atoms with E-state index in [0.29, 0.717) is 11.0 Å². The predicted molar refractivity (Wildman–Crippen MR) is 114 cm³/mol. The molecule has 2 aromatic carbocycles. The number of carbonyl (C=O) groups excluding carboxylic acids is 1. The van der Waals surface area contributed by atoms with Crippen molar-refractivity contribution in [1.82, 2.24) is 14.9 Å². The minimum absolute atomic E-state index is 0.0420. The van der Waals surface area contributed by atoms with Crippen molar-refractivity contribution in [3.05, 3.63) is 112 Å². The molecule has 0 spiro atoms. The highest BCUT2D eigenvalue weighted by Gasteiger charge is 2.18. The number of benzene rings is 2. The van der Waals surface area contributed by atoms with Gasteiger partial charge >= 0.3 is 0 Å². The predicted octanol–water partition coefficient (Wildman–Crippen LogP) is 4.07. The maximum atomic E-state index is 13.3. The molecule has 0 unspecified atom stereocenters. The van der Waals surface area contributed by atoms with Crippen molar-refractivity contribution in [2.24, 2.45) is 0 Å². The van der Waals surface area contributed by atoms with E-state index in [1.807, 2.05) is 37.3 Å². The summed E-state index contributed by atoms with van der Waals surface area (Å²) in [5.41, 5.74) is 1.75. The number of carbonyl (C=O) groups is 1. The van der Waals surface area contributed by atoms with Gasteiger partial charge in [-0.3, -0.25) is 14.2 Å². The Balaban J connectivity index is 1.73. The van der Waals surface area contributed by atoms with Crippen molar-refractivity contribution >= 4 is 16.9 Å². The first kappa shape index (κ1) is 19.5. The van der Waals surface area contributed by atoms with Crippen molar-refractivity contribution in [2.45, 2.75) is 19.5 Å². The van der Waals surface area contributed by atoms with Crippen LogP contribution in [0.3, 0.4) is 0 Å². The molecule has 1 N–H and O–H groups in total. The number of halogens is 1. The number of hydrogen-bond acceptors (Lipinski definition) is 3. The summed E-state index contributed by atoms with van der Waals surface area (Å²) >= 11 is 0.